The van der Waals surface area contributed by atoms with Crippen molar-refractivity contribution in [1.82, 2.24) is 0 Å². The number of rotatable bonds is 7. The number of hydrogen-bond acceptors (Lipinski definition) is 3. The van der Waals surface area contributed by atoms with Gasteiger partial charge in [-0.1, -0.05) is 18.2 Å². The van der Waals surface area contributed by atoms with Gasteiger partial charge >= 0.3 is 0 Å². The topological polar surface area (TPSA) is 22.9 Å². The third-order valence-corrected chi connectivity index (χ3v) is 4.02. The maximum Gasteiger partial charge on any atom is 0.101 e. The lowest BCUT2D eigenvalue weighted by Gasteiger charge is -2.23. The number of quaternary nitrogens is 1. The predicted octanol–water partition coefficient (Wildman–Crippen LogP) is 0.710. The first kappa shape index (κ1) is 13.9. The number of morpholine rings is 1. The second-order valence-corrected chi connectivity index (χ2v) is 5.55. The van der Waals surface area contributed by atoms with Crippen LogP contribution in [0.1, 0.15) is 0 Å². The Hall–Kier alpha value is -0.550. The Bertz CT molecular complexity index is 315. The van der Waals surface area contributed by atoms with Crippen LogP contribution in [0, 0.1) is 0 Å². The molecule has 1 heterocycles. The molecule has 1 aliphatic heterocycles. The molecular formula is C14H22NO2S+. The minimum absolute atomic E-state index is 0.837. The van der Waals surface area contributed by atoms with Crippen molar-refractivity contribution in [2.45, 2.75) is 4.90 Å². The Morgan fingerprint density at radius 1 is 1.11 bits per heavy atom. The van der Waals surface area contributed by atoms with Crippen molar-refractivity contribution in [3.8, 4) is 0 Å². The van der Waals surface area contributed by atoms with E-state index in [2.05, 4.69) is 24.3 Å². The van der Waals surface area contributed by atoms with Crippen molar-refractivity contribution < 1.29 is 14.4 Å². The number of hydrogen-bond donors (Lipinski definition) is 1. The smallest absolute Gasteiger partial charge is 0.101 e. The highest BCUT2D eigenvalue weighted by atomic mass is 32.2. The molecule has 0 spiro atoms. The average molecular weight is 268 g/mol. The highest BCUT2D eigenvalue weighted by Crippen LogP contribution is 2.15. The normalized spacial score (nSPS) is 16.9. The van der Waals surface area contributed by atoms with Crippen LogP contribution in [-0.2, 0) is 9.47 Å². The molecule has 1 aromatic carbocycles. The van der Waals surface area contributed by atoms with E-state index in [1.54, 1.807) is 4.90 Å². The van der Waals surface area contributed by atoms with E-state index in [1.165, 1.54) is 4.90 Å². The molecule has 18 heavy (non-hydrogen) atoms. The monoisotopic (exact) mass is 268 g/mol. The van der Waals surface area contributed by atoms with Crippen molar-refractivity contribution in [1.29, 1.82) is 0 Å². The molecular weight excluding hydrogens is 246 g/mol. The number of benzene rings is 1. The first-order valence-electron chi connectivity index (χ1n) is 6.62. The van der Waals surface area contributed by atoms with E-state index in [0.29, 0.717) is 0 Å². The van der Waals surface area contributed by atoms with E-state index in [1.807, 2.05) is 17.8 Å². The molecule has 0 unspecified atom stereocenters. The SMILES string of the molecule is c1ccc(SCCOCC[NH+]2CCOCC2)cc1. The van der Waals surface area contributed by atoms with E-state index < -0.39 is 0 Å². The molecule has 100 valence electrons. The van der Waals surface area contributed by atoms with Crippen LogP contribution in [0.3, 0.4) is 0 Å². The summed E-state index contributed by atoms with van der Waals surface area (Å²) in [5.41, 5.74) is 0. The van der Waals surface area contributed by atoms with E-state index in [4.69, 9.17) is 9.47 Å². The fourth-order valence-corrected chi connectivity index (χ4v) is 2.75. The molecule has 0 radical (unpaired) electrons. The highest BCUT2D eigenvalue weighted by molar-refractivity contribution is 7.99. The fraction of sp³-hybridized carbons (Fsp3) is 0.571. The van der Waals surface area contributed by atoms with Gasteiger partial charge in [0.05, 0.1) is 26.4 Å². The molecule has 3 nitrogen and oxygen atoms in total. The summed E-state index contributed by atoms with van der Waals surface area (Å²) in [7, 11) is 0. The van der Waals surface area contributed by atoms with Crippen LogP contribution in [0.5, 0.6) is 0 Å². The molecule has 2 rings (SSSR count). The van der Waals surface area contributed by atoms with Crippen molar-refractivity contribution in [2.24, 2.45) is 0 Å². The van der Waals surface area contributed by atoms with Crippen molar-refractivity contribution in [2.75, 3.05) is 51.8 Å². The minimum Gasteiger partial charge on any atom is -0.375 e. The number of nitrogens with one attached hydrogen (secondary N) is 1. The summed E-state index contributed by atoms with van der Waals surface area (Å²) in [5.74, 6) is 1.03. The average Bonchev–Trinajstić information content (AvgIpc) is 2.45. The van der Waals surface area contributed by atoms with Crippen molar-refractivity contribution in [3.05, 3.63) is 30.3 Å². The molecule has 4 heteroatoms. The maximum absolute atomic E-state index is 5.68. The standard InChI is InChI=1S/C14H21NO2S/c1-2-4-14(5-3-1)18-13-12-17-11-8-15-6-9-16-10-7-15/h1-5H,6-13H2/p+1. The van der Waals surface area contributed by atoms with Crippen LogP contribution in [0.25, 0.3) is 0 Å². The minimum atomic E-state index is 0.837. The first-order valence-corrected chi connectivity index (χ1v) is 7.60. The summed E-state index contributed by atoms with van der Waals surface area (Å²) in [5, 5.41) is 0. The lowest BCUT2D eigenvalue weighted by atomic mass is 10.4. The van der Waals surface area contributed by atoms with E-state index >= 15 is 0 Å². The van der Waals surface area contributed by atoms with Crippen LogP contribution in [-0.4, -0.2) is 51.8 Å². The maximum atomic E-state index is 5.68. The quantitative estimate of drug-likeness (QED) is 0.582. The van der Waals surface area contributed by atoms with Gasteiger partial charge in [0, 0.05) is 10.6 Å². The summed E-state index contributed by atoms with van der Waals surface area (Å²) in [4.78, 5) is 2.93. The molecule has 0 saturated carbocycles. The fourth-order valence-electron chi connectivity index (χ4n) is 1.96. The second-order valence-electron chi connectivity index (χ2n) is 4.39. The second kappa shape index (κ2) is 8.53. The van der Waals surface area contributed by atoms with Crippen LogP contribution in [0.15, 0.2) is 35.2 Å². The van der Waals surface area contributed by atoms with E-state index in [-0.39, 0.29) is 0 Å². The van der Waals surface area contributed by atoms with Crippen molar-refractivity contribution >= 4 is 11.8 Å². The van der Waals surface area contributed by atoms with Gasteiger partial charge in [-0.2, -0.15) is 0 Å². The lowest BCUT2D eigenvalue weighted by Crippen LogP contribution is -3.14. The lowest BCUT2D eigenvalue weighted by molar-refractivity contribution is -0.908. The summed E-state index contributed by atoms with van der Waals surface area (Å²) >= 11 is 1.85. The van der Waals surface area contributed by atoms with Crippen molar-refractivity contribution in [3.63, 3.8) is 0 Å². The number of ether oxygens (including phenoxy) is 2. The van der Waals surface area contributed by atoms with Crippen LogP contribution in [0.2, 0.25) is 0 Å². The van der Waals surface area contributed by atoms with Gasteiger partial charge in [-0.15, -0.1) is 11.8 Å². The zero-order valence-corrected chi connectivity index (χ0v) is 11.6. The zero-order valence-electron chi connectivity index (χ0n) is 10.8. The summed E-state index contributed by atoms with van der Waals surface area (Å²) in [6.07, 6.45) is 0. The van der Waals surface area contributed by atoms with Crippen LogP contribution >= 0.6 is 11.8 Å². The molecule has 0 aromatic heterocycles. The van der Waals surface area contributed by atoms with Crippen LogP contribution < -0.4 is 4.90 Å². The van der Waals surface area contributed by atoms with Gasteiger partial charge < -0.3 is 14.4 Å². The third kappa shape index (κ3) is 5.40. The van der Waals surface area contributed by atoms with Crippen LogP contribution in [0.4, 0.5) is 0 Å². The molecule has 1 saturated heterocycles. The summed E-state index contributed by atoms with van der Waals surface area (Å²) < 4.78 is 11.0. The Morgan fingerprint density at radius 3 is 2.67 bits per heavy atom. The summed E-state index contributed by atoms with van der Waals surface area (Å²) in [6.45, 7) is 6.87. The molecule has 1 aliphatic rings. The van der Waals surface area contributed by atoms with Gasteiger partial charge in [-0.3, -0.25) is 0 Å². The molecule has 0 bridgehead atoms. The highest BCUT2D eigenvalue weighted by Gasteiger charge is 2.12. The van der Waals surface area contributed by atoms with Gasteiger partial charge in [0.1, 0.15) is 19.6 Å². The Morgan fingerprint density at radius 2 is 1.89 bits per heavy atom. The Balaban J connectivity index is 1.46. The molecule has 0 atom stereocenters. The molecule has 1 N–H and O–H groups in total. The number of thioether (sulfide) groups is 1. The zero-order chi connectivity index (χ0) is 12.5. The van der Waals surface area contributed by atoms with Gasteiger partial charge in [-0.25, -0.2) is 0 Å². The van der Waals surface area contributed by atoms with Gasteiger partial charge in [-0.05, 0) is 12.1 Å². The Kier molecular flexibility index (Phi) is 6.58. The molecule has 1 fully saturated rings. The van der Waals surface area contributed by atoms with Gasteiger partial charge in [0.25, 0.3) is 0 Å². The largest absolute Gasteiger partial charge is 0.375 e. The third-order valence-electron chi connectivity index (χ3n) is 3.04. The Labute approximate surface area is 113 Å². The molecule has 0 amide bonds. The van der Waals surface area contributed by atoms with E-state index in [9.17, 15) is 0 Å². The summed E-state index contributed by atoms with van der Waals surface area (Å²) in [6, 6.07) is 10.5. The van der Waals surface area contributed by atoms with Gasteiger partial charge in [0.15, 0.2) is 0 Å². The van der Waals surface area contributed by atoms with Gasteiger partial charge in [0.2, 0.25) is 0 Å². The first-order chi connectivity index (χ1) is 8.95. The predicted molar refractivity (Wildman–Crippen MR) is 74.4 cm³/mol. The van der Waals surface area contributed by atoms with E-state index in [0.717, 1.165) is 51.8 Å². The molecule has 1 aromatic rings. The molecule has 0 aliphatic carbocycles.